The molecular weight excluding hydrogens is 189 g/mol. The molecule has 0 atom stereocenters. The Morgan fingerprint density at radius 3 is 2.85 bits per heavy atom. The second-order valence-electron chi connectivity index (χ2n) is 2.26. The van der Waals surface area contributed by atoms with Gasteiger partial charge in [-0.1, -0.05) is 18.2 Å². The van der Waals surface area contributed by atoms with Crippen LogP contribution in [0, 0.1) is 5.82 Å². The Balaban J connectivity index is 2.68. The lowest BCUT2D eigenvalue weighted by Crippen LogP contribution is -2.24. The number of hydrogen-bond donors (Lipinski definition) is 2. The molecule has 0 aliphatic carbocycles. The van der Waals surface area contributed by atoms with Crippen LogP contribution in [0.2, 0.25) is 0 Å². The van der Waals surface area contributed by atoms with Crippen LogP contribution in [0.25, 0.3) is 0 Å². The van der Waals surface area contributed by atoms with Crippen molar-refractivity contribution in [1.29, 1.82) is 0 Å². The van der Waals surface area contributed by atoms with Crippen molar-refractivity contribution >= 4 is 23.5 Å². The highest BCUT2D eigenvalue weighted by molar-refractivity contribution is 7.80. The van der Waals surface area contributed by atoms with E-state index in [0.29, 0.717) is 5.56 Å². The van der Waals surface area contributed by atoms with E-state index in [0.717, 1.165) is 0 Å². The molecule has 13 heavy (non-hydrogen) atoms. The normalized spacial score (nSPS) is 10.2. The molecule has 1 rings (SSSR count). The first-order chi connectivity index (χ1) is 6.20. The predicted molar refractivity (Wildman–Crippen MR) is 53.9 cm³/mol. The van der Waals surface area contributed by atoms with Crippen LogP contribution in [0.5, 0.6) is 0 Å². The number of nitrogens with two attached hydrogens (primary N) is 1. The quantitative estimate of drug-likeness (QED) is 0.422. The molecule has 0 aliphatic rings. The summed E-state index contributed by atoms with van der Waals surface area (Å²) >= 11 is 4.50. The smallest absolute Gasteiger partial charge is 0.184 e. The number of thiocarbonyl (C=S) groups is 1. The third kappa shape index (κ3) is 3.16. The lowest BCUT2D eigenvalue weighted by Gasteiger charge is -1.95. The van der Waals surface area contributed by atoms with Crippen LogP contribution in [-0.2, 0) is 0 Å². The molecule has 0 spiro atoms. The van der Waals surface area contributed by atoms with E-state index >= 15 is 0 Å². The summed E-state index contributed by atoms with van der Waals surface area (Å²) in [6.07, 6.45) is 1.31. The van der Waals surface area contributed by atoms with E-state index in [1.807, 2.05) is 0 Å². The minimum atomic E-state index is -0.337. The molecule has 0 aliphatic heterocycles. The molecule has 3 nitrogen and oxygen atoms in total. The van der Waals surface area contributed by atoms with Gasteiger partial charge in [-0.25, -0.2) is 4.39 Å². The van der Waals surface area contributed by atoms with Gasteiger partial charge in [-0.3, -0.25) is 5.43 Å². The topological polar surface area (TPSA) is 50.4 Å². The second-order valence-corrected chi connectivity index (χ2v) is 2.70. The number of nitrogens with zero attached hydrogens (tertiary/aromatic N) is 1. The SMILES string of the molecule is NC(=S)N/N=C/c1ccccc1F. The fourth-order valence-corrected chi connectivity index (χ4v) is 0.798. The first kappa shape index (κ1) is 9.60. The number of rotatable bonds is 2. The number of nitrogens with one attached hydrogen (secondary N) is 1. The molecule has 3 N–H and O–H groups in total. The van der Waals surface area contributed by atoms with Crippen LogP contribution in [0.3, 0.4) is 0 Å². The van der Waals surface area contributed by atoms with E-state index in [9.17, 15) is 4.39 Å². The molecule has 0 radical (unpaired) electrons. The number of halogens is 1. The molecule has 1 aromatic carbocycles. The zero-order valence-corrected chi connectivity index (χ0v) is 7.51. The van der Waals surface area contributed by atoms with Crippen molar-refractivity contribution in [2.45, 2.75) is 0 Å². The zero-order chi connectivity index (χ0) is 9.68. The predicted octanol–water partition coefficient (Wildman–Crippen LogP) is 0.993. The minimum absolute atomic E-state index is 0.0487. The van der Waals surface area contributed by atoms with Gasteiger partial charge in [0.25, 0.3) is 0 Å². The Kier molecular flexibility index (Phi) is 3.33. The van der Waals surface area contributed by atoms with Crippen LogP contribution >= 0.6 is 12.2 Å². The Morgan fingerprint density at radius 1 is 1.54 bits per heavy atom. The van der Waals surface area contributed by atoms with Crippen LogP contribution in [0.4, 0.5) is 4.39 Å². The van der Waals surface area contributed by atoms with Crippen molar-refractivity contribution in [1.82, 2.24) is 5.43 Å². The van der Waals surface area contributed by atoms with Crippen LogP contribution in [0.15, 0.2) is 29.4 Å². The highest BCUT2D eigenvalue weighted by Gasteiger charge is 1.94. The fraction of sp³-hybridized carbons (Fsp3) is 0. The third-order valence-corrected chi connectivity index (χ3v) is 1.37. The lowest BCUT2D eigenvalue weighted by atomic mass is 10.2. The van der Waals surface area contributed by atoms with E-state index in [1.165, 1.54) is 12.3 Å². The lowest BCUT2D eigenvalue weighted by molar-refractivity contribution is 0.626. The molecule has 0 saturated heterocycles. The van der Waals surface area contributed by atoms with E-state index in [1.54, 1.807) is 18.2 Å². The summed E-state index contributed by atoms with van der Waals surface area (Å²) in [5.41, 5.74) is 7.82. The summed E-state index contributed by atoms with van der Waals surface area (Å²) in [6.45, 7) is 0. The molecule has 0 saturated carbocycles. The number of hydrogen-bond acceptors (Lipinski definition) is 2. The summed E-state index contributed by atoms with van der Waals surface area (Å²) in [4.78, 5) is 0. The summed E-state index contributed by atoms with van der Waals surface area (Å²) < 4.78 is 12.9. The highest BCUT2D eigenvalue weighted by Crippen LogP contribution is 2.02. The van der Waals surface area contributed by atoms with Crippen molar-refractivity contribution < 1.29 is 4.39 Å². The maximum atomic E-state index is 12.9. The molecule has 0 heterocycles. The van der Waals surface area contributed by atoms with Gasteiger partial charge in [-0.05, 0) is 18.3 Å². The monoisotopic (exact) mass is 197 g/mol. The fourth-order valence-electron chi connectivity index (χ4n) is 0.745. The maximum Gasteiger partial charge on any atom is 0.184 e. The molecular formula is C8H8FN3S. The largest absolute Gasteiger partial charge is 0.375 e. The standard InChI is InChI=1S/C8H8FN3S/c9-7-4-2-1-3-6(7)5-11-12-8(10)13/h1-5H,(H3,10,12,13)/b11-5+. The molecule has 0 amide bonds. The molecule has 5 heteroatoms. The Morgan fingerprint density at radius 2 is 2.23 bits per heavy atom. The van der Waals surface area contributed by atoms with E-state index < -0.39 is 0 Å². The first-order valence-electron chi connectivity index (χ1n) is 3.53. The van der Waals surface area contributed by atoms with E-state index in [-0.39, 0.29) is 10.9 Å². The molecule has 0 aromatic heterocycles. The van der Waals surface area contributed by atoms with Crippen LogP contribution < -0.4 is 11.2 Å². The molecule has 68 valence electrons. The van der Waals surface area contributed by atoms with Gasteiger partial charge in [-0.2, -0.15) is 5.10 Å². The van der Waals surface area contributed by atoms with Gasteiger partial charge in [0, 0.05) is 5.56 Å². The summed E-state index contributed by atoms with van der Waals surface area (Å²) in [5, 5.41) is 3.67. The van der Waals surface area contributed by atoms with Crippen LogP contribution in [-0.4, -0.2) is 11.3 Å². The number of benzene rings is 1. The summed E-state index contributed by atoms with van der Waals surface area (Å²) in [5.74, 6) is -0.337. The third-order valence-electron chi connectivity index (χ3n) is 1.28. The van der Waals surface area contributed by atoms with Gasteiger partial charge in [0.05, 0.1) is 6.21 Å². The van der Waals surface area contributed by atoms with Gasteiger partial charge >= 0.3 is 0 Å². The Bertz CT molecular complexity index is 338. The van der Waals surface area contributed by atoms with Gasteiger partial charge in [-0.15, -0.1) is 0 Å². The van der Waals surface area contributed by atoms with Crippen molar-refractivity contribution in [3.05, 3.63) is 35.6 Å². The Labute approximate surface area is 80.4 Å². The van der Waals surface area contributed by atoms with Gasteiger partial charge in [0.1, 0.15) is 5.82 Å². The minimum Gasteiger partial charge on any atom is -0.375 e. The second kappa shape index (κ2) is 4.51. The van der Waals surface area contributed by atoms with E-state index in [4.69, 9.17) is 5.73 Å². The van der Waals surface area contributed by atoms with Crippen molar-refractivity contribution in [2.75, 3.05) is 0 Å². The zero-order valence-electron chi connectivity index (χ0n) is 6.70. The van der Waals surface area contributed by atoms with Crippen LogP contribution in [0.1, 0.15) is 5.56 Å². The van der Waals surface area contributed by atoms with E-state index in [2.05, 4.69) is 22.7 Å². The summed E-state index contributed by atoms with van der Waals surface area (Å²) in [6, 6.07) is 6.26. The highest BCUT2D eigenvalue weighted by atomic mass is 32.1. The maximum absolute atomic E-state index is 12.9. The molecule has 0 bridgehead atoms. The molecule has 0 unspecified atom stereocenters. The Hall–Kier alpha value is -1.49. The van der Waals surface area contributed by atoms with Gasteiger partial charge < -0.3 is 5.73 Å². The van der Waals surface area contributed by atoms with Gasteiger partial charge in [0.15, 0.2) is 5.11 Å². The number of hydrazone groups is 1. The molecule has 1 aromatic rings. The molecule has 0 fully saturated rings. The van der Waals surface area contributed by atoms with Crippen molar-refractivity contribution in [3.8, 4) is 0 Å². The summed E-state index contributed by atoms with van der Waals surface area (Å²) in [7, 11) is 0. The van der Waals surface area contributed by atoms with Crippen molar-refractivity contribution in [2.24, 2.45) is 10.8 Å². The van der Waals surface area contributed by atoms with Crippen molar-refractivity contribution in [3.63, 3.8) is 0 Å². The van der Waals surface area contributed by atoms with Gasteiger partial charge in [0.2, 0.25) is 0 Å². The average Bonchev–Trinajstić information content (AvgIpc) is 2.08. The average molecular weight is 197 g/mol. The first-order valence-corrected chi connectivity index (χ1v) is 3.94.